The van der Waals surface area contributed by atoms with Crippen molar-refractivity contribution >= 4 is 9.84 Å². The highest BCUT2D eigenvalue weighted by Crippen LogP contribution is 2.29. The highest BCUT2D eigenvalue weighted by molar-refractivity contribution is 7.92. The third-order valence-corrected chi connectivity index (χ3v) is 7.38. The number of aromatic nitrogens is 4. The molecular formula is C23H22N4O3S. The summed E-state index contributed by atoms with van der Waals surface area (Å²) in [5, 5.41) is 8.25. The Bertz CT molecular complexity index is 1320. The Kier molecular flexibility index (Phi) is 5.18. The number of nitrogens with zero attached hydrogens (tertiary/aromatic N) is 4. The molecule has 2 aromatic carbocycles. The van der Waals surface area contributed by atoms with Gasteiger partial charge in [-0.1, -0.05) is 30.3 Å². The second kappa shape index (κ2) is 7.70. The van der Waals surface area contributed by atoms with Crippen LogP contribution < -0.4 is 0 Å². The van der Waals surface area contributed by atoms with Gasteiger partial charge in [0.05, 0.1) is 27.2 Å². The summed E-state index contributed by atoms with van der Waals surface area (Å²) in [6.07, 6.45) is 1.64. The highest BCUT2D eigenvalue weighted by Gasteiger charge is 2.30. The lowest BCUT2D eigenvalue weighted by atomic mass is 10.1. The van der Waals surface area contributed by atoms with E-state index < -0.39 is 14.6 Å². The van der Waals surface area contributed by atoms with E-state index in [4.69, 9.17) is 4.42 Å². The van der Waals surface area contributed by atoms with Gasteiger partial charge in [-0.05, 0) is 52.0 Å². The summed E-state index contributed by atoms with van der Waals surface area (Å²) in [6.45, 7) is 6.86. The molecule has 158 valence electrons. The van der Waals surface area contributed by atoms with Gasteiger partial charge in [0.2, 0.25) is 5.89 Å². The number of aryl methyl sites for hydroxylation is 1. The van der Waals surface area contributed by atoms with Crippen LogP contribution in [-0.4, -0.2) is 33.3 Å². The molecule has 0 aliphatic rings. The van der Waals surface area contributed by atoms with Crippen molar-refractivity contribution in [2.45, 2.75) is 37.3 Å². The van der Waals surface area contributed by atoms with E-state index in [0.717, 1.165) is 11.1 Å². The van der Waals surface area contributed by atoms with Gasteiger partial charge in [0, 0.05) is 11.1 Å². The van der Waals surface area contributed by atoms with Crippen molar-refractivity contribution in [2.24, 2.45) is 0 Å². The Morgan fingerprint density at radius 3 is 2.13 bits per heavy atom. The minimum Gasteiger partial charge on any atom is -0.415 e. The van der Waals surface area contributed by atoms with Crippen molar-refractivity contribution in [3.8, 4) is 34.3 Å². The van der Waals surface area contributed by atoms with Crippen LogP contribution in [0.2, 0.25) is 0 Å². The van der Waals surface area contributed by atoms with Crippen LogP contribution in [0.3, 0.4) is 0 Å². The summed E-state index contributed by atoms with van der Waals surface area (Å²) < 4.78 is 30.2. The number of hydrogen-bond acceptors (Lipinski definition) is 7. The molecule has 8 heteroatoms. The van der Waals surface area contributed by atoms with E-state index in [9.17, 15) is 8.42 Å². The average Bonchev–Trinajstić information content (AvgIpc) is 3.24. The Labute approximate surface area is 181 Å². The van der Waals surface area contributed by atoms with Crippen LogP contribution in [0.4, 0.5) is 0 Å². The van der Waals surface area contributed by atoms with E-state index >= 15 is 0 Å². The third-order valence-electron chi connectivity index (χ3n) is 4.87. The topological polar surface area (TPSA) is 98.8 Å². The van der Waals surface area contributed by atoms with E-state index in [0.29, 0.717) is 23.0 Å². The summed E-state index contributed by atoms with van der Waals surface area (Å²) in [5.74, 6) is 0.677. The van der Waals surface area contributed by atoms with Gasteiger partial charge in [-0.3, -0.25) is 4.98 Å². The van der Waals surface area contributed by atoms with Crippen LogP contribution >= 0.6 is 0 Å². The van der Waals surface area contributed by atoms with Gasteiger partial charge in [-0.15, -0.1) is 10.2 Å². The number of hydrogen-bond donors (Lipinski definition) is 0. The maximum atomic E-state index is 12.6. The molecular weight excluding hydrogens is 412 g/mol. The molecule has 0 aliphatic carbocycles. The lowest BCUT2D eigenvalue weighted by Crippen LogP contribution is -2.27. The molecule has 4 rings (SSSR count). The molecule has 0 spiro atoms. The second-order valence-electron chi connectivity index (χ2n) is 8.11. The number of rotatable bonds is 4. The lowest BCUT2D eigenvalue weighted by molar-refractivity contribution is 0.560. The molecule has 0 saturated carbocycles. The predicted octanol–water partition coefficient (Wildman–Crippen LogP) is 4.74. The normalized spacial score (nSPS) is 12.1. The fourth-order valence-electron chi connectivity index (χ4n) is 2.97. The first-order valence-electron chi connectivity index (χ1n) is 9.75. The smallest absolute Gasteiger partial charge is 0.268 e. The molecule has 2 aromatic heterocycles. The molecule has 2 heterocycles. The molecule has 0 unspecified atom stereocenters. The van der Waals surface area contributed by atoms with Crippen LogP contribution in [0.5, 0.6) is 0 Å². The third kappa shape index (κ3) is 3.98. The molecule has 0 fully saturated rings. The van der Waals surface area contributed by atoms with Crippen molar-refractivity contribution in [1.82, 2.24) is 20.2 Å². The van der Waals surface area contributed by atoms with Crippen molar-refractivity contribution in [2.75, 3.05) is 0 Å². The molecule has 31 heavy (non-hydrogen) atoms. The summed E-state index contributed by atoms with van der Waals surface area (Å²) in [4.78, 5) is 9.34. The number of benzene rings is 2. The van der Waals surface area contributed by atoms with Crippen molar-refractivity contribution in [1.29, 1.82) is 0 Å². The lowest BCUT2D eigenvalue weighted by Gasteiger charge is -2.19. The van der Waals surface area contributed by atoms with E-state index in [1.807, 2.05) is 37.3 Å². The van der Waals surface area contributed by atoms with Crippen LogP contribution in [0.25, 0.3) is 34.3 Å². The first-order valence-corrected chi connectivity index (χ1v) is 11.2. The molecule has 4 aromatic rings. The summed E-state index contributed by atoms with van der Waals surface area (Å²) in [5.41, 5.74) is 3.28. The first kappa shape index (κ1) is 20.9. The van der Waals surface area contributed by atoms with Gasteiger partial charge in [0.25, 0.3) is 5.89 Å². The summed E-state index contributed by atoms with van der Waals surface area (Å²) in [7, 11) is -3.43. The van der Waals surface area contributed by atoms with Gasteiger partial charge in [0.1, 0.15) is 5.69 Å². The maximum Gasteiger partial charge on any atom is 0.268 e. The minimum atomic E-state index is -3.43. The summed E-state index contributed by atoms with van der Waals surface area (Å²) in [6, 6.07) is 16.1. The fourth-order valence-corrected chi connectivity index (χ4v) is 4.17. The van der Waals surface area contributed by atoms with Crippen LogP contribution in [0, 0.1) is 6.92 Å². The van der Waals surface area contributed by atoms with Crippen LogP contribution in [0.15, 0.2) is 70.1 Å². The Morgan fingerprint density at radius 1 is 0.839 bits per heavy atom. The van der Waals surface area contributed by atoms with E-state index in [1.54, 1.807) is 51.2 Å². The Hall–Kier alpha value is -3.39. The van der Waals surface area contributed by atoms with Crippen LogP contribution in [0.1, 0.15) is 26.5 Å². The standard InChI is InChI=1S/C23H22N4O3S/c1-15-20(22-27-26-21(30-22)17-8-6-5-7-9-17)25-19(14-24-15)16-10-12-18(13-11-16)31(28,29)23(2,3)4/h5-14H,1-4H3. The SMILES string of the molecule is Cc1ncc(-c2ccc(S(=O)(=O)C(C)(C)C)cc2)nc1-c1nnc(-c2ccccc2)o1. The molecule has 0 N–H and O–H groups in total. The molecule has 7 nitrogen and oxygen atoms in total. The zero-order chi connectivity index (χ0) is 22.2. The van der Waals surface area contributed by atoms with Crippen molar-refractivity contribution < 1.29 is 12.8 Å². The van der Waals surface area contributed by atoms with E-state index in [-0.39, 0.29) is 10.8 Å². The van der Waals surface area contributed by atoms with Gasteiger partial charge < -0.3 is 4.42 Å². The Morgan fingerprint density at radius 2 is 1.48 bits per heavy atom. The molecule has 0 radical (unpaired) electrons. The summed E-state index contributed by atoms with van der Waals surface area (Å²) >= 11 is 0. The van der Waals surface area contributed by atoms with Crippen LogP contribution in [-0.2, 0) is 9.84 Å². The molecule has 0 saturated heterocycles. The maximum absolute atomic E-state index is 12.6. The zero-order valence-electron chi connectivity index (χ0n) is 17.7. The highest BCUT2D eigenvalue weighted by atomic mass is 32.2. The second-order valence-corrected chi connectivity index (χ2v) is 10.8. The monoisotopic (exact) mass is 434 g/mol. The largest absolute Gasteiger partial charge is 0.415 e. The zero-order valence-corrected chi connectivity index (χ0v) is 18.5. The fraction of sp³-hybridized carbons (Fsp3) is 0.217. The van der Waals surface area contributed by atoms with Gasteiger partial charge in [0.15, 0.2) is 9.84 Å². The van der Waals surface area contributed by atoms with E-state index in [1.165, 1.54) is 0 Å². The molecule has 0 aliphatic heterocycles. The first-order chi connectivity index (χ1) is 14.7. The number of sulfone groups is 1. The van der Waals surface area contributed by atoms with E-state index in [2.05, 4.69) is 20.2 Å². The molecule has 0 amide bonds. The van der Waals surface area contributed by atoms with Gasteiger partial charge in [-0.2, -0.15) is 0 Å². The van der Waals surface area contributed by atoms with Gasteiger partial charge >= 0.3 is 0 Å². The van der Waals surface area contributed by atoms with Crippen molar-refractivity contribution in [3.05, 3.63) is 66.5 Å². The van der Waals surface area contributed by atoms with Gasteiger partial charge in [-0.25, -0.2) is 13.4 Å². The average molecular weight is 435 g/mol. The molecule has 0 bridgehead atoms. The quantitative estimate of drug-likeness (QED) is 0.457. The predicted molar refractivity (Wildman–Crippen MR) is 118 cm³/mol. The van der Waals surface area contributed by atoms with Crippen molar-refractivity contribution in [3.63, 3.8) is 0 Å². The molecule has 0 atom stereocenters. The minimum absolute atomic E-state index is 0.272. The Balaban J connectivity index is 1.69.